The molecule has 3 aliphatic rings. The van der Waals surface area contributed by atoms with E-state index in [0.29, 0.717) is 5.56 Å². The van der Waals surface area contributed by atoms with E-state index in [1.807, 2.05) is 0 Å². The molecule has 0 radical (unpaired) electrons. The summed E-state index contributed by atoms with van der Waals surface area (Å²) in [5, 5.41) is 44.8. The number of phenolic OH excluding ortho intramolecular Hbond substituents is 1. The highest BCUT2D eigenvalue weighted by atomic mass is 16.3. The molecule has 10 heteroatoms. The Hall–Kier alpha value is -3.50. The van der Waals surface area contributed by atoms with Gasteiger partial charge in [-0.25, -0.2) is 0 Å². The molecule has 0 aromatic heterocycles. The zero-order valence-corrected chi connectivity index (χ0v) is 20.5. The van der Waals surface area contributed by atoms with E-state index in [2.05, 4.69) is 0 Å². The maximum absolute atomic E-state index is 14.0. The maximum Gasteiger partial charge on any atom is 0.255 e. The van der Waals surface area contributed by atoms with E-state index in [0.717, 1.165) is 0 Å². The van der Waals surface area contributed by atoms with Gasteiger partial charge in [0.2, 0.25) is 5.78 Å². The number of nitrogens with two attached hydrogens (primary N) is 1. The van der Waals surface area contributed by atoms with Gasteiger partial charge in [-0.1, -0.05) is 26.0 Å². The Morgan fingerprint density at radius 3 is 2.33 bits per heavy atom. The molecule has 3 aliphatic carbocycles. The summed E-state index contributed by atoms with van der Waals surface area (Å²) in [6.07, 6.45) is -0.0124. The standard InChI is InChI=1S/C26H30N2O8/c1-5-11(29)9-13-15-10(2)12-7-6-8-14(30)16(12)21(31)17(15)23(33)26(36)19(13)20(28(3)4)22(32)18(24(26)34)25(27)35/h6-8,10,13,15,19-20,30-31,34,36H,5,9H2,1-4H3,(H2,27,35)/t10-,13-,15+,19+,20-,26+/m1/s1. The van der Waals surface area contributed by atoms with Crippen LogP contribution in [-0.4, -0.2) is 74.3 Å². The highest BCUT2D eigenvalue weighted by Gasteiger charge is 2.68. The molecule has 6 atom stereocenters. The molecule has 0 aliphatic heterocycles. The average Bonchev–Trinajstić information content (AvgIpc) is 2.80. The van der Waals surface area contributed by atoms with E-state index in [1.165, 1.54) is 25.1 Å². The fraction of sp³-hybridized carbons (Fsp3) is 0.462. The first kappa shape index (κ1) is 25.6. The summed E-state index contributed by atoms with van der Waals surface area (Å²) in [6, 6.07) is 3.36. The second-order valence-corrected chi connectivity index (χ2v) is 10.1. The van der Waals surface area contributed by atoms with Crippen molar-refractivity contribution in [3.05, 3.63) is 46.2 Å². The van der Waals surface area contributed by atoms with Gasteiger partial charge in [-0.2, -0.15) is 0 Å². The van der Waals surface area contributed by atoms with Crippen LogP contribution in [0.1, 0.15) is 43.7 Å². The number of hydrogen-bond acceptors (Lipinski definition) is 9. The lowest BCUT2D eigenvalue weighted by atomic mass is 9.50. The minimum Gasteiger partial charge on any atom is -0.508 e. The second kappa shape index (κ2) is 8.56. The Morgan fingerprint density at radius 1 is 1.14 bits per heavy atom. The molecule has 0 spiro atoms. The number of aliphatic hydroxyl groups is 3. The molecular weight excluding hydrogens is 468 g/mol. The molecule has 0 heterocycles. The molecule has 1 aromatic rings. The van der Waals surface area contributed by atoms with Gasteiger partial charge in [0.25, 0.3) is 5.91 Å². The van der Waals surface area contributed by atoms with Crippen molar-refractivity contribution in [2.75, 3.05) is 14.1 Å². The SMILES string of the molecule is CCC(=O)C[C@@H]1[C@H]2C(=C(O)c3c(O)cccc3[C@H]2C)C(=O)[C@]2(O)C(O)=C(C(N)=O)C(=O)[C@H](N(C)C)[C@H]12. The number of phenols is 1. The Labute approximate surface area is 207 Å². The topological polar surface area (TPSA) is 178 Å². The van der Waals surface area contributed by atoms with Gasteiger partial charge in [0.1, 0.15) is 28.6 Å². The van der Waals surface area contributed by atoms with Gasteiger partial charge in [0.15, 0.2) is 11.4 Å². The molecular formula is C26H30N2O8. The maximum atomic E-state index is 14.0. The number of carbonyl (C=O) groups is 4. The van der Waals surface area contributed by atoms with Crippen LogP contribution in [0.4, 0.5) is 0 Å². The van der Waals surface area contributed by atoms with Gasteiger partial charge in [0, 0.05) is 30.3 Å². The van der Waals surface area contributed by atoms with Crippen LogP contribution >= 0.6 is 0 Å². The Kier molecular flexibility index (Phi) is 6.09. The number of aromatic hydroxyl groups is 1. The van der Waals surface area contributed by atoms with Crippen LogP contribution in [0.3, 0.4) is 0 Å². The smallest absolute Gasteiger partial charge is 0.255 e. The molecule has 0 bridgehead atoms. The quantitative estimate of drug-likeness (QED) is 0.372. The number of hydrogen-bond donors (Lipinski definition) is 5. The molecule has 0 unspecified atom stereocenters. The average molecular weight is 499 g/mol. The van der Waals surface area contributed by atoms with E-state index in [9.17, 15) is 39.6 Å². The van der Waals surface area contributed by atoms with Gasteiger partial charge in [0.05, 0.1) is 11.6 Å². The third-order valence-electron chi connectivity index (χ3n) is 8.04. The predicted octanol–water partition coefficient (Wildman–Crippen LogP) is 1.12. The molecule has 0 saturated heterocycles. The van der Waals surface area contributed by atoms with Crippen molar-refractivity contribution in [3.63, 3.8) is 0 Å². The van der Waals surface area contributed by atoms with E-state index < -0.39 is 69.9 Å². The van der Waals surface area contributed by atoms with Crippen molar-refractivity contribution in [1.82, 2.24) is 4.90 Å². The van der Waals surface area contributed by atoms with Crippen LogP contribution in [0.5, 0.6) is 5.75 Å². The molecule has 1 amide bonds. The number of aliphatic hydroxyl groups excluding tert-OH is 2. The lowest BCUT2D eigenvalue weighted by Gasteiger charge is -2.55. The fourth-order valence-corrected chi connectivity index (χ4v) is 6.47. The van der Waals surface area contributed by atoms with E-state index in [1.54, 1.807) is 26.0 Å². The summed E-state index contributed by atoms with van der Waals surface area (Å²) in [5.41, 5.74) is 1.94. The zero-order valence-electron chi connectivity index (χ0n) is 20.5. The molecule has 6 N–H and O–H groups in total. The van der Waals surface area contributed by atoms with Crippen LogP contribution in [0, 0.1) is 17.8 Å². The van der Waals surface area contributed by atoms with Crippen LogP contribution in [-0.2, 0) is 19.2 Å². The lowest BCUT2D eigenvalue weighted by Crippen LogP contribution is -2.69. The summed E-state index contributed by atoms with van der Waals surface area (Å²) >= 11 is 0. The summed E-state index contributed by atoms with van der Waals surface area (Å²) in [4.78, 5) is 53.8. The second-order valence-electron chi connectivity index (χ2n) is 10.1. The van der Waals surface area contributed by atoms with Crippen LogP contribution in [0.25, 0.3) is 5.76 Å². The van der Waals surface area contributed by atoms with E-state index in [4.69, 9.17) is 5.73 Å². The summed E-state index contributed by atoms with van der Waals surface area (Å²) in [7, 11) is 3.04. The number of benzene rings is 1. The van der Waals surface area contributed by atoms with Crippen molar-refractivity contribution >= 4 is 29.0 Å². The predicted molar refractivity (Wildman–Crippen MR) is 128 cm³/mol. The van der Waals surface area contributed by atoms with Crippen molar-refractivity contribution in [1.29, 1.82) is 0 Å². The number of ketones is 3. The number of nitrogens with zero attached hydrogens (tertiary/aromatic N) is 1. The molecule has 4 rings (SSSR count). The number of carbonyl (C=O) groups excluding carboxylic acids is 4. The first-order chi connectivity index (χ1) is 16.8. The van der Waals surface area contributed by atoms with Gasteiger partial charge >= 0.3 is 0 Å². The molecule has 10 nitrogen and oxygen atoms in total. The number of rotatable bonds is 5. The van der Waals surface area contributed by atoms with Crippen LogP contribution in [0.2, 0.25) is 0 Å². The van der Waals surface area contributed by atoms with Gasteiger partial charge in [-0.3, -0.25) is 24.1 Å². The number of primary amides is 1. The Bertz CT molecular complexity index is 1260. The third kappa shape index (κ3) is 3.24. The number of amides is 1. The van der Waals surface area contributed by atoms with E-state index in [-0.39, 0.29) is 35.5 Å². The van der Waals surface area contributed by atoms with Gasteiger partial charge < -0.3 is 26.2 Å². The highest BCUT2D eigenvalue weighted by molar-refractivity contribution is 6.24. The minimum absolute atomic E-state index is 0.0156. The number of Topliss-reactive ketones (excluding diaryl/α,β-unsaturated/α-hetero) is 3. The molecule has 36 heavy (non-hydrogen) atoms. The largest absolute Gasteiger partial charge is 0.508 e. The first-order valence-electron chi connectivity index (χ1n) is 11.8. The minimum atomic E-state index is -2.81. The van der Waals surface area contributed by atoms with Gasteiger partial charge in [-0.05, 0) is 37.6 Å². The van der Waals surface area contributed by atoms with Gasteiger partial charge in [-0.15, -0.1) is 0 Å². The fourth-order valence-electron chi connectivity index (χ4n) is 6.47. The molecule has 192 valence electrons. The van der Waals surface area contributed by atoms with Crippen molar-refractivity contribution in [2.24, 2.45) is 23.5 Å². The Balaban J connectivity index is 2.11. The number of fused-ring (bicyclic) bond motifs is 3. The molecule has 1 fully saturated rings. The Morgan fingerprint density at radius 2 is 1.78 bits per heavy atom. The molecule has 1 saturated carbocycles. The van der Waals surface area contributed by atoms with Crippen molar-refractivity contribution in [3.8, 4) is 5.75 Å². The summed E-state index contributed by atoms with van der Waals surface area (Å²) in [5.74, 6) is -9.10. The van der Waals surface area contributed by atoms with E-state index >= 15 is 0 Å². The number of likely N-dealkylation sites (N-methyl/N-ethyl adjacent to an activating group) is 1. The monoisotopic (exact) mass is 498 g/mol. The summed E-state index contributed by atoms with van der Waals surface area (Å²) in [6.45, 7) is 3.43. The molecule has 1 aromatic carbocycles. The van der Waals surface area contributed by atoms with Crippen molar-refractivity contribution in [2.45, 2.75) is 44.2 Å². The zero-order chi connectivity index (χ0) is 26.9. The van der Waals surface area contributed by atoms with Crippen LogP contribution < -0.4 is 5.73 Å². The normalized spacial score (nSPS) is 31.8. The third-order valence-corrected chi connectivity index (χ3v) is 8.04. The lowest BCUT2D eigenvalue weighted by molar-refractivity contribution is -0.162. The summed E-state index contributed by atoms with van der Waals surface area (Å²) < 4.78 is 0. The highest BCUT2D eigenvalue weighted by Crippen LogP contribution is 2.59. The van der Waals surface area contributed by atoms with Crippen molar-refractivity contribution < 1.29 is 39.6 Å². The first-order valence-corrected chi connectivity index (χ1v) is 11.8. The van der Waals surface area contributed by atoms with Crippen LogP contribution in [0.15, 0.2) is 35.1 Å².